The van der Waals surface area contributed by atoms with Gasteiger partial charge in [-0.25, -0.2) is 14.4 Å². The molecule has 0 atom stereocenters. The number of hydrogen-bond donors (Lipinski definition) is 2. The summed E-state index contributed by atoms with van der Waals surface area (Å²) in [6, 6.07) is 7.55. The van der Waals surface area contributed by atoms with Crippen LogP contribution in [-0.4, -0.2) is 54.2 Å². The van der Waals surface area contributed by atoms with E-state index < -0.39 is 5.82 Å². The number of nitrogens with zero attached hydrogens (tertiary/aromatic N) is 7. The van der Waals surface area contributed by atoms with Crippen molar-refractivity contribution in [3.05, 3.63) is 67.3 Å². The highest BCUT2D eigenvalue weighted by Crippen LogP contribution is 2.34. The topological polar surface area (TPSA) is 112 Å². The number of aromatic nitrogens is 8. The molecule has 10 heteroatoms. The highest BCUT2D eigenvalue weighted by Gasteiger charge is 2.21. The highest BCUT2D eigenvalue weighted by molar-refractivity contribution is 5.97. The van der Waals surface area contributed by atoms with Crippen LogP contribution in [0.1, 0.15) is 0 Å². The lowest BCUT2D eigenvalue weighted by Crippen LogP contribution is -2.09. The average Bonchev–Trinajstić information content (AvgIpc) is 3.49. The molecule has 0 radical (unpaired) electrons. The van der Waals surface area contributed by atoms with Gasteiger partial charge in [0.15, 0.2) is 17.3 Å². The van der Waals surface area contributed by atoms with E-state index >= 15 is 4.39 Å². The Hall–Kier alpha value is -4.73. The molecule has 6 heterocycles. The molecule has 34 heavy (non-hydrogen) atoms. The second-order valence-electron chi connectivity index (χ2n) is 7.99. The van der Waals surface area contributed by atoms with Gasteiger partial charge in [0.05, 0.1) is 34.5 Å². The summed E-state index contributed by atoms with van der Waals surface area (Å²) in [6.07, 6.45) is 10.0. The Morgan fingerprint density at radius 3 is 2.62 bits per heavy atom. The maximum absolute atomic E-state index is 15.8. The predicted octanol–water partition coefficient (Wildman–Crippen LogP) is 4.23. The first-order chi connectivity index (χ1) is 16.6. The van der Waals surface area contributed by atoms with Crippen LogP contribution < -0.4 is 4.90 Å². The SMILES string of the molecule is CN(C)c1cncc(-c2ncc3[nH]nc(-c4nc5nccc(-c6cccnc6)c5[nH]4)c3c2F)c1. The standard InChI is InChI=1S/C24H18FN9/c1-34(2)15-8-14(10-27-11-15)20-19(25)18-17(12-29-20)32-33-22(18)24-30-21-16(5-7-28-23(21)31-24)13-4-3-6-26-9-13/h3-12H,1-2H3,(H,32,33)(H,28,30,31). The van der Waals surface area contributed by atoms with E-state index in [1.807, 2.05) is 43.3 Å². The second kappa shape index (κ2) is 7.69. The summed E-state index contributed by atoms with van der Waals surface area (Å²) in [5.41, 5.74) is 5.47. The molecule has 6 rings (SSSR count). The molecule has 0 bridgehead atoms. The number of hydrogen-bond acceptors (Lipinski definition) is 7. The summed E-state index contributed by atoms with van der Waals surface area (Å²) in [4.78, 5) is 26.9. The number of H-pyrrole nitrogens is 2. The van der Waals surface area contributed by atoms with E-state index in [2.05, 4.69) is 40.1 Å². The minimum atomic E-state index is -0.500. The summed E-state index contributed by atoms with van der Waals surface area (Å²) in [7, 11) is 3.80. The fourth-order valence-electron chi connectivity index (χ4n) is 3.94. The third-order valence-electron chi connectivity index (χ3n) is 5.65. The first kappa shape index (κ1) is 19.9. The summed E-state index contributed by atoms with van der Waals surface area (Å²) in [5, 5.41) is 7.50. The molecule has 0 aliphatic rings. The van der Waals surface area contributed by atoms with Crippen LogP contribution in [0.5, 0.6) is 0 Å². The van der Waals surface area contributed by atoms with Gasteiger partial charge in [-0.05, 0) is 18.2 Å². The van der Waals surface area contributed by atoms with Gasteiger partial charge in [0.25, 0.3) is 0 Å². The molecule has 0 aromatic carbocycles. The van der Waals surface area contributed by atoms with Crippen LogP contribution in [0.2, 0.25) is 0 Å². The second-order valence-corrected chi connectivity index (χ2v) is 7.99. The Morgan fingerprint density at radius 1 is 0.912 bits per heavy atom. The normalized spacial score (nSPS) is 11.4. The molecule has 0 aliphatic heterocycles. The van der Waals surface area contributed by atoms with Crippen LogP contribution in [0.4, 0.5) is 10.1 Å². The highest BCUT2D eigenvalue weighted by atomic mass is 19.1. The Kier molecular flexibility index (Phi) is 4.51. The molecule has 0 spiro atoms. The quantitative estimate of drug-likeness (QED) is 0.413. The molecule has 0 saturated heterocycles. The van der Waals surface area contributed by atoms with E-state index in [-0.39, 0.29) is 5.69 Å². The molecule has 6 aromatic heterocycles. The molecule has 0 unspecified atom stereocenters. The van der Waals surface area contributed by atoms with E-state index in [1.165, 1.54) is 0 Å². The summed E-state index contributed by atoms with van der Waals surface area (Å²) in [5.74, 6) is -0.0961. The van der Waals surface area contributed by atoms with Crippen LogP contribution in [0.25, 0.3) is 56.0 Å². The van der Waals surface area contributed by atoms with Gasteiger partial charge in [-0.15, -0.1) is 0 Å². The van der Waals surface area contributed by atoms with Crippen molar-refractivity contribution in [3.63, 3.8) is 0 Å². The molecule has 0 amide bonds. The number of halogens is 1. The van der Waals surface area contributed by atoms with Gasteiger partial charge in [0.1, 0.15) is 11.4 Å². The number of fused-ring (bicyclic) bond motifs is 2. The maximum Gasteiger partial charge on any atom is 0.178 e. The van der Waals surface area contributed by atoms with Gasteiger partial charge in [-0.3, -0.25) is 20.1 Å². The van der Waals surface area contributed by atoms with Gasteiger partial charge >= 0.3 is 0 Å². The van der Waals surface area contributed by atoms with Crippen LogP contribution >= 0.6 is 0 Å². The number of anilines is 1. The lowest BCUT2D eigenvalue weighted by Gasteiger charge is -2.13. The maximum atomic E-state index is 15.8. The average molecular weight is 451 g/mol. The zero-order valence-electron chi connectivity index (χ0n) is 18.3. The zero-order chi connectivity index (χ0) is 23.2. The molecule has 0 fully saturated rings. The first-order valence-corrected chi connectivity index (χ1v) is 10.5. The van der Waals surface area contributed by atoms with Crippen molar-refractivity contribution in [3.8, 4) is 33.9 Å². The van der Waals surface area contributed by atoms with Crippen LogP contribution in [0.3, 0.4) is 0 Å². The van der Waals surface area contributed by atoms with E-state index in [4.69, 9.17) is 0 Å². The van der Waals surface area contributed by atoms with Gasteiger partial charge in [0.2, 0.25) is 0 Å². The Labute approximate surface area is 192 Å². The molecule has 6 aromatic rings. The number of imidazole rings is 1. The summed E-state index contributed by atoms with van der Waals surface area (Å²) in [6.45, 7) is 0. The zero-order valence-corrected chi connectivity index (χ0v) is 18.3. The van der Waals surface area contributed by atoms with Crippen molar-refractivity contribution in [1.29, 1.82) is 0 Å². The van der Waals surface area contributed by atoms with E-state index in [9.17, 15) is 0 Å². The monoisotopic (exact) mass is 451 g/mol. The van der Waals surface area contributed by atoms with E-state index in [1.54, 1.807) is 37.2 Å². The molecular formula is C24H18FN9. The minimum absolute atomic E-state index is 0.191. The van der Waals surface area contributed by atoms with Crippen LogP contribution in [0.15, 0.2) is 61.4 Å². The van der Waals surface area contributed by atoms with Crippen molar-refractivity contribution in [2.75, 3.05) is 19.0 Å². The molecule has 9 nitrogen and oxygen atoms in total. The Bertz CT molecular complexity index is 1650. The van der Waals surface area contributed by atoms with Crippen molar-refractivity contribution in [2.45, 2.75) is 0 Å². The van der Waals surface area contributed by atoms with E-state index in [0.29, 0.717) is 33.6 Å². The van der Waals surface area contributed by atoms with Crippen molar-refractivity contribution in [2.24, 2.45) is 0 Å². The molecule has 0 saturated carbocycles. The third-order valence-corrected chi connectivity index (χ3v) is 5.65. The number of aromatic amines is 2. The smallest absolute Gasteiger partial charge is 0.178 e. The van der Waals surface area contributed by atoms with E-state index in [0.717, 1.165) is 22.3 Å². The molecule has 0 aliphatic carbocycles. The lowest BCUT2D eigenvalue weighted by molar-refractivity contribution is 0.638. The fourth-order valence-corrected chi connectivity index (χ4v) is 3.94. The minimum Gasteiger partial charge on any atom is -0.376 e. The summed E-state index contributed by atoms with van der Waals surface area (Å²) < 4.78 is 15.8. The van der Waals surface area contributed by atoms with Crippen LogP contribution in [0, 0.1) is 5.82 Å². The van der Waals surface area contributed by atoms with Crippen molar-refractivity contribution in [1.82, 2.24) is 40.1 Å². The predicted molar refractivity (Wildman–Crippen MR) is 128 cm³/mol. The number of pyridine rings is 4. The van der Waals surface area contributed by atoms with Gasteiger partial charge in [-0.1, -0.05) is 6.07 Å². The number of nitrogens with one attached hydrogen (secondary N) is 2. The van der Waals surface area contributed by atoms with Gasteiger partial charge in [0, 0.05) is 55.6 Å². The third kappa shape index (κ3) is 3.15. The van der Waals surface area contributed by atoms with Crippen molar-refractivity contribution < 1.29 is 4.39 Å². The molecular weight excluding hydrogens is 433 g/mol. The Balaban J connectivity index is 1.52. The number of rotatable bonds is 4. The van der Waals surface area contributed by atoms with Gasteiger partial charge < -0.3 is 9.88 Å². The van der Waals surface area contributed by atoms with Crippen molar-refractivity contribution >= 4 is 27.8 Å². The summed E-state index contributed by atoms with van der Waals surface area (Å²) >= 11 is 0. The molecule has 2 N–H and O–H groups in total. The van der Waals surface area contributed by atoms with Gasteiger partial charge in [-0.2, -0.15) is 5.10 Å². The van der Waals surface area contributed by atoms with Crippen LogP contribution in [-0.2, 0) is 0 Å². The first-order valence-electron chi connectivity index (χ1n) is 10.5. The lowest BCUT2D eigenvalue weighted by atomic mass is 10.1. The Morgan fingerprint density at radius 2 is 1.79 bits per heavy atom. The fraction of sp³-hybridized carbons (Fsp3) is 0.0833. The molecule has 166 valence electrons. The largest absolute Gasteiger partial charge is 0.376 e.